The Labute approximate surface area is 175 Å². The lowest BCUT2D eigenvalue weighted by molar-refractivity contribution is -0.134. The molecule has 2 aromatic carbocycles. The van der Waals surface area contributed by atoms with Crippen molar-refractivity contribution in [2.45, 2.75) is 31.7 Å². The van der Waals surface area contributed by atoms with E-state index in [1.165, 1.54) is 17.0 Å². The molecule has 0 saturated carbocycles. The Hall–Kier alpha value is -2.73. The van der Waals surface area contributed by atoms with Crippen LogP contribution in [0.3, 0.4) is 0 Å². The standard InChI is InChI=1S/C24H26FNO4/c1-16(22(19-11-13-29-14-12-19)18-7-9-20(25)10-8-18)23(27)26-21(15-30-24(26)28)17-5-3-2-4-6-17/h2-10,16,19,21-22H,11-15H2,1H3/t16-,21+,22-/m0/s1. The van der Waals surface area contributed by atoms with Crippen LogP contribution >= 0.6 is 0 Å². The van der Waals surface area contributed by atoms with E-state index in [0.29, 0.717) is 13.2 Å². The van der Waals surface area contributed by atoms with Crippen molar-refractivity contribution in [2.24, 2.45) is 11.8 Å². The first-order chi connectivity index (χ1) is 14.6. The summed E-state index contributed by atoms with van der Waals surface area (Å²) in [4.78, 5) is 27.3. The number of imide groups is 1. The fourth-order valence-electron chi connectivity index (χ4n) is 4.69. The van der Waals surface area contributed by atoms with Gasteiger partial charge in [0.15, 0.2) is 0 Å². The molecule has 2 saturated heterocycles. The summed E-state index contributed by atoms with van der Waals surface area (Å²) in [6, 6.07) is 15.4. The molecule has 2 aromatic rings. The number of halogens is 1. The third-order valence-corrected chi connectivity index (χ3v) is 6.25. The Kier molecular flexibility index (Phi) is 6.13. The first kappa shape index (κ1) is 20.5. The van der Waals surface area contributed by atoms with Gasteiger partial charge in [0.05, 0.1) is 0 Å². The van der Waals surface area contributed by atoms with Crippen molar-refractivity contribution in [1.29, 1.82) is 0 Å². The molecule has 2 aliphatic heterocycles. The second-order valence-corrected chi connectivity index (χ2v) is 8.03. The van der Waals surface area contributed by atoms with Crippen LogP contribution in [0.1, 0.15) is 42.9 Å². The highest BCUT2D eigenvalue weighted by molar-refractivity contribution is 5.95. The number of benzene rings is 2. The number of hydrogen-bond donors (Lipinski definition) is 0. The van der Waals surface area contributed by atoms with Crippen LogP contribution in [0.2, 0.25) is 0 Å². The van der Waals surface area contributed by atoms with Crippen molar-refractivity contribution in [2.75, 3.05) is 19.8 Å². The number of carbonyl (C=O) groups is 2. The second kappa shape index (κ2) is 8.96. The van der Waals surface area contributed by atoms with Crippen molar-refractivity contribution in [1.82, 2.24) is 4.90 Å². The Balaban J connectivity index is 1.64. The topological polar surface area (TPSA) is 55.8 Å². The molecule has 2 amide bonds. The van der Waals surface area contributed by atoms with Crippen molar-refractivity contribution < 1.29 is 23.5 Å². The first-order valence-corrected chi connectivity index (χ1v) is 10.4. The van der Waals surface area contributed by atoms with Crippen LogP contribution in [-0.2, 0) is 14.3 Å². The average molecular weight is 411 g/mol. The van der Waals surface area contributed by atoms with Gasteiger partial charge in [0.25, 0.3) is 0 Å². The molecular formula is C24H26FNO4. The molecule has 158 valence electrons. The van der Waals surface area contributed by atoms with Crippen LogP contribution in [0.4, 0.5) is 9.18 Å². The van der Waals surface area contributed by atoms with E-state index in [1.807, 2.05) is 37.3 Å². The molecule has 0 aromatic heterocycles. The summed E-state index contributed by atoms with van der Waals surface area (Å²) in [6.45, 7) is 3.29. The number of rotatable bonds is 5. The zero-order chi connectivity index (χ0) is 21.1. The predicted molar refractivity (Wildman–Crippen MR) is 109 cm³/mol. The maximum absolute atomic E-state index is 13.6. The van der Waals surface area contributed by atoms with Crippen molar-refractivity contribution in [3.05, 3.63) is 71.5 Å². The molecule has 0 unspecified atom stereocenters. The summed E-state index contributed by atoms with van der Waals surface area (Å²) in [6.07, 6.45) is 1.05. The Bertz CT molecular complexity index is 880. The molecule has 6 heteroatoms. The van der Waals surface area contributed by atoms with E-state index < -0.39 is 18.1 Å². The lowest BCUT2D eigenvalue weighted by atomic mass is 9.73. The Morgan fingerprint density at radius 3 is 2.40 bits per heavy atom. The highest BCUT2D eigenvalue weighted by Crippen LogP contribution is 2.40. The van der Waals surface area contributed by atoms with Crippen LogP contribution < -0.4 is 0 Å². The number of nitrogens with zero attached hydrogens (tertiary/aromatic N) is 1. The minimum Gasteiger partial charge on any atom is -0.446 e. The van der Waals surface area contributed by atoms with Gasteiger partial charge < -0.3 is 9.47 Å². The number of amides is 2. The molecule has 4 rings (SSSR count). The van der Waals surface area contributed by atoms with Crippen LogP contribution in [0.25, 0.3) is 0 Å². The summed E-state index contributed by atoms with van der Waals surface area (Å²) in [5, 5.41) is 0. The van der Waals surface area contributed by atoms with Gasteiger partial charge in [-0.25, -0.2) is 14.1 Å². The normalized spacial score (nSPS) is 21.9. The van der Waals surface area contributed by atoms with Gasteiger partial charge in [0.1, 0.15) is 18.5 Å². The number of hydrogen-bond acceptors (Lipinski definition) is 4. The molecule has 0 radical (unpaired) electrons. The van der Waals surface area contributed by atoms with E-state index in [9.17, 15) is 14.0 Å². The molecule has 2 heterocycles. The molecular weight excluding hydrogens is 385 g/mol. The van der Waals surface area contributed by atoms with Crippen molar-refractivity contribution in [3.8, 4) is 0 Å². The van der Waals surface area contributed by atoms with Gasteiger partial charge in [-0.15, -0.1) is 0 Å². The summed E-state index contributed by atoms with van der Waals surface area (Å²) in [5.74, 6) is -0.943. The largest absolute Gasteiger partial charge is 0.446 e. The van der Waals surface area contributed by atoms with E-state index in [-0.39, 0.29) is 30.2 Å². The minimum absolute atomic E-state index is 0.133. The third-order valence-electron chi connectivity index (χ3n) is 6.25. The molecule has 30 heavy (non-hydrogen) atoms. The lowest BCUT2D eigenvalue weighted by Gasteiger charge is -2.35. The van der Waals surface area contributed by atoms with E-state index >= 15 is 0 Å². The molecule has 5 nitrogen and oxygen atoms in total. The summed E-state index contributed by atoms with van der Waals surface area (Å²) >= 11 is 0. The van der Waals surface area contributed by atoms with Crippen molar-refractivity contribution in [3.63, 3.8) is 0 Å². The van der Waals surface area contributed by atoms with Crippen LogP contribution in [-0.4, -0.2) is 36.7 Å². The fourth-order valence-corrected chi connectivity index (χ4v) is 4.69. The Morgan fingerprint density at radius 1 is 1.07 bits per heavy atom. The second-order valence-electron chi connectivity index (χ2n) is 8.03. The first-order valence-electron chi connectivity index (χ1n) is 10.4. The average Bonchev–Trinajstić information content (AvgIpc) is 3.17. The monoisotopic (exact) mass is 411 g/mol. The zero-order valence-electron chi connectivity index (χ0n) is 17.0. The van der Waals surface area contributed by atoms with E-state index in [4.69, 9.17) is 9.47 Å². The molecule has 2 fully saturated rings. The van der Waals surface area contributed by atoms with Crippen LogP contribution in [0, 0.1) is 17.7 Å². The van der Waals surface area contributed by atoms with Gasteiger partial charge in [-0.05, 0) is 47.9 Å². The molecule has 0 spiro atoms. The van der Waals surface area contributed by atoms with Crippen LogP contribution in [0.5, 0.6) is 0 Å². The van der Waals surface area contributed by atoms with E-state index in [0.717, 1.165) is 24.0 Å². The van der Waals surface area contributed by atoms with Gasteiger partial charge in [0.2, 0.25) is 5.91 Å². The summed E-state index contributed by atoms with van der Waals surface area (Å²) in [7, 11) is 0. The third kappa shape index (κ3) is 4.10. The minimum atomic E-state index is -0.606. The summed E-state index contributed by atoms with van der Waals surface area (Å²) in [5.41, 5.74) is 1.78. The maximum atomic E-state index is 13.6. The molecule has 0 N–H and O–H groups in total. The van der Waals surface area contributed by atoms with Crippen molar-refractivity contribution >= 4 is 12.0 Å². The highest BCUT2D eigenvalue weighted by atomic mass is 19.1. The maximum Gasteiger partial charge on any atom is 0.417 e. The molecule has 0 bridgehead atoms. The highest BCUT2D eigenvalue weighted by Gasteiger charge is 2.44. The molecule has 2 aliphatic rings. The number of cyclic esters (lactones) is 1. The predicted octanol–water partition coefficient (Wildman–Crippen LogP) is 4.69. The number of carbonyl (C=O) groups excluding carboxylic acids is 2. The quantitative estimate of drug-likeness (QED) is 0.716. The van der Waals surface area contributed by atoms with Gasteiger partial charge >= 0.3 is 6.09 Å². The van der Waals surface area contributed by atoms with Crippen LogP contribution in [0.15, 0.2) is 54.6 Å². The zero-order valence-corrected chi connectivity index (χ0v) is 17.0. The van der Waals surface area contributed by atoms with Gasteiger partial charge in [0, 0.05) is 19.1 Å². The van der Waals surface area contributed by atoms with Gasteiger partial charge in [-0.2, -0.15) is 0 Å². The molecule has 0 aliphatic carbocycles. The number of ether oxygens (including phenoxy) is 2. The Morgan fingerprint density at radius 2 is 1.73 bits per heavy atom. The lowest BCUT2D eigenvalue weighted by Crippen LogP contribution is -2.41. The van der Waals surface area contributed by atoms with Gasteiger partial charge in [-0.3, -0.25) is 4.79 Å². The SMILES string of the molecule is C[C@H](C(=O)N1C(=O)OC[C@@H]1c1ccccc1)[C@@H](c1ccc(F)cc1)C1CCOCC1. The summed E-state index contributed by atoms with van der Waals surface area (Å²) < 4.78 is 24.3. The van der Waals surface area contributed by atoms with E-state index in [1.54, 1.807) is 12.1 Å². The fraction of sp³-hybridized carbons (Fsp3) is 0.417. The van der Waals surface area contributed by atoms with E-state index in [2.05, 4.69) is 0 Å². The molecule has 3 atom stereocenters. The van der Waals surface area contributed by atoms with Gasteiger partial charge in [-0.1, -0.05) is 49.4 Å². The smallest absolute Gasteiger partial charge is 0.417 e.